The summed E-state index contributed by atoms with van der Waals surface area (Å²) in [6.07, 6.45) is 2.63. The molecule has 3 aromatic rings. The molecule has 0 amide bonds. The number of thiophene rings is 2. The molecule has 0 aliphatic carbocycles. The van der Waals surface area contributed by atoms with Gasteiger partial charge in [-0.15, -0.1) is 22.7 Å². The molecular weight excluding hydrogens is 352 g/mol. The van der Waals surface area contributed by atoms with Crippen LogP contribution in [0.25, 0.3) is 20.2 Å². The van der Waals surface area contributed by atoms with Crippen LogP contribution in [0.2, 0.25) is 0 Å². The quantitative estimate of drug-likeness (QED) is 0.560. The van der Waals surface area contributed by atoms with Gasteiger partial charge in [-0.05, 0) is 53.8 Å². The van der Waals surface area contributed by atoms with E-state index in [1.807, 2.05) is 24.3 Å². The second-order valence-corrected chi connectivity index (χ2v) is 7.78. The van der Waals surface area contributed by atoms with Crippen molar-refractivity contribution >= 4 is 34.9 Å². The van der Waals surface area contributed by atoms with E-state index in [1.54, 1.807) is 17.4 Å². The minimum Gasteiger partial charge on any atom is -0.477 e. The van der Waals surface area contributed by atoms with Gasteiger partial charge in [-0.3, -0.25) is 4.79 Å². The standard InChI is InChI=1S/C20H18O3S2/c1-3-13-12(11-21)5-6-15(14(13)4-2)16-7-8-17(24-16)18-9-10-19(25-18)20(22)23/h5-11H,3-4H2,1-2H3,(H,22,23). The first-order chi connectivity index (χ1) is 12.1. The smallest absolute Gasteiger partial charge is 0.345 e. The van der Waals surface area contributed by atoms with Gasteiger partial charge >= 0.3 is 5.97 Å². The maximum atomic E-state index is 11.3. The van der Waals surface area contributed by atoms with E-state index in [0.717, 1.165) is 50.4 Å². The van der Waals surface area contributed by atoms with Gasteiger partial charge in [0.25, 0.3) is 0 Å². The van der Waals surface area contributed by atoms with E-state index in [1.165, 1.54) is 16.9 Å². The molecule has 0 saturated carbocycles. The Balaban J connectivity index is 2.05. The molecule has 0 fully saturated rings. The number of hydrogen-bond donors (Lipinski definition) is 1. The van der Waals surface area contributed by atoms with Crippen molar-refractivity contribution in [1.29, 1.82) is 0 Å². The van der Waals surface area contributed by atoms with Gasteiger partial charge in [-0.2, -0.15) is 0 Å². The highest BCUT2D eigenvalue weighted by atomic mass is 32.1. The molecule has 1 aromatic carbocycles. The Morgan fingerprint density at radius 1 is 0.920 bits per heavy atom. The van der Waals surface area contributed by atoms with Gasteiger partial charge in [0, 0.05) is 20.2 Å². The van der Waals surface area contributed by atoms with Gasteiger partial charge in [0.05, 0.1) is 0 Å². The fraction of sp³-hybridized carbons (Fsp3) is 0.200. The predicted molar refractivity (Wildman–Crippen MR) is 104 cm³/mol. The number of aldehydes is 1. The molecule has 0 unspecified atom stereocenters. The van der Waals surface area contributed by atoms with Gasteiger partial charge < -0.3 is 5.11 Å². The van der Waals surface area contributed by atoms with Crippen LogP contribution in [-0.4, -0.2) is 17.4 Å². The van der Waals surface area contributed by atoms with Crippen LogP contribution in [0, 0.1) is 0 Å². The van der Waals surface area contributed by atoms with Crippen LogP contribution in [0.3, 0.4) is 0 Å². The predicted octanol–water partition coefficient (Wildman–Crippen LogP) is 5.78. The summed E-state index contributed by atoms with van der Waals surface area (Å²) in [5, 5.41) is 9.09. The summed E-state index contributed by atoms with van der Waals surface area (Å²) in [4.78, 5) is 25.9. The molecule has 25 heavy (non-hydrogen) atoms. The largest absolute Gasteiger partial charge is 0.477 e. The van der Waals surface area contributed by atoms with E-state index >= 15 is 0 Å². The lowest BCUT2D eigenvalue weighted by molar-refractivity contribution is 0.0702. The Bertz CT molecular complexity index is 934. The van der Waals surface area contributed by atoms with E-state index in [2.05, 4.69) is 19.9 Å². The molecule has 0 aliphatic heterocycles. The molecule has 3 nitrogen and oxygen atoms in total. The third kappa shape index (κ3) is 3.30. The normalized spacial score (nSPS) is 10.8. The Labute approximate surface area is 154 Å². The van der Waals surface area contributed by atoms with Gasteiger partial charge in [0.15, 0.2) is 0 Å². The van der Waals surface area contributed by atoms with Crippen molar-refractivity contribution in [2.45, 2.75) is 26.7 Å². The summed E-state index contributed by atoms with van der Waals surface area (Å²) in [7, 11) is 0. The number of benzene rings is 1. The second-order valence-electron chi connectivity index (χ2n) is 5.62. The molecule has 0 spiro atoms. The van der Waals surface area contributed by atoms with Crippen LogP contribution < -0.4 is 0 Å². The SMILES string of the molecule is CCc1c(C=O)ccc(-c2ccc(-c3ccc(C(=O)O)s3)s2)c1CC. The van der Waals surface area contributed by atoms with Gasteiger partial charge in [0.2, 0.25) is 0 Å². The van der Waals surface area contributed by atoms with Crippen molar-refractivity contribution in [3.05, 3.63) is 58.0 Å². The first-order valence-corrected chi connectivity index (χ1v) is 9.75. The number of carboxylic acids is 1. The Hall–Kier alpha value is -2.24. The zero-order chi connectivity index (χ0) is 18.0. The van der Waals surface area contributed by atoms with Crippen molar-refractivity contribution in [1.82, 2.24) is 0 Å². The first-order valence-electron chi connectivity index (χ1n) is 8.12. The van der Waals surface area contributed by atoms with Crippen LogP contribution >= 0.6 is 22.7 Å². The fourth-order valence-corrected chi connectivity index (χ4v) is 5.07. The molecular formula is C20H18O3S2. The number of hydrogen-bond acceptors (Lipinski definition) is 4. The highest BCUT2D eigenvalue weighted by Crippen LogP contribution is 2.39. The van der Waals surface area contributed by atoms with E-state index in [4.69, 9.17) is 5.11 Å². The zero-order valence-electron chi connectivity index (χ0n) is 14.0. The Kier molecular flexibility index (Phi) is 5.16. The Morgan fingerprint density at radius 3 is 2.16 bits per heavy atom. The van der Waals surface area contributed by atoms with E-state index in [0.29, 0.717) is 4.88 Å². The third-order valence-corrected chi connectivity index (χ3v) is 6.62. The summed E-state index contributed by atoms with van der Waals surface area (Å²) >= 11 is 2.95. The summed E-state index contributed by atoms with van der Waals surface area (Å²) in [5.41, 5.74) is 4.27. The summed E-state index contributed by atoms with van der Waals surface area (Å²) in [6, 6.07) is 11.5. The van der Waals surface area contributed by atoms with Crippen LogP contribution in [0.5, 0.6) is 0 Å². The minimum atomic E-state index is -0.890. The topological polar surface area (TPSA) is 54.4 Å². The van der Waals surface area contributed by atoms with E-state index in [-0.39, 0.29) is 0 Å². The molecule has 0 saturated heterocycles. The van der Waals surface area contributed by atoms with Crippen molar-refractivity contribution in [2.24, 2.45) is 0 Å². The molecule has 0 aliphatic rings. The molecule has 1 N–H and O–H groups in total. The summed E-state index contributed by atoms with van der Waals surface area (Å²) in [5.74, 6) is -0.890. The van der Waals surface area contributed by atoms with Gasteiger partial charge in [0.1, 0.15) is 11.2 Å². The fourth-order valence-electron chi connectivity index (χ4n) is 3.07. The lowest BCUT2D eigenvalue weighted by atomic mass is 9.92. The van der Waals surface area contributed by atoms with Gasteiger partial charge in [-0.25, -0.2) is 4.79 Å². The molecule has 128 valence electrons. The van der Waals surface area contributed by atoms with Crippen LogP contribution in [0.15, 0.2) is 36.4 Å². The van der Waals surface area contributed by atoms with Crippen LogP contribution in [-0.2, 0) is 12.8 Å². The maximum absolute atomic E-state index is 11.3. The van der Waals surface area contributed by atoms with Crippen molar-refractivity contribution in [3.63, 3.8) is 0 Å². The maximum Gasteiger partial charge on any atom is 0.345 e. The average Bonchev–Trinajstić information content (AvgIpc) is 3.29. The van der Waals surface area contributed by atoms with Gasteiger partial charge in [-0.1, -0.05) is 26.0 Å². The van der Waals surface area contributed by atoms with Crippen molar-refractivity contribution < 1.29 is 14.7 Å². The summed E-state index contributed by atoms with van der Waals surface area (Å²) < 4.78 is 0. The van der Waals surface area contributed by atoms with Crippen molar-refractivity contribution in [2.75, 3.05) is 0 Å². The highest BCUT2D eigenvalue weighted by molar-refractivity contribution is 7.24. The van der Waals surface area contributed by atoms with Crippen LogP contribution in [0.1, 0.15) is 45.0 Å². The Morgan fingerprint density at radius 2 is 1.56 bits per heavy atom. The molecule has 2 heterocycles. The molecule has 0 bridgehead atoms. The number of rotatable bonds is 6. The molecule has 5 heteroatoms. The van der Waals surface area contributed by atoms with E-state index < -0.39 is 5.97 Å². The molecule has 2 aromatic heterocycles. The van der Waals surface area contributed by atoms with Crippen molar-refractivity contribution in [3.8, 4) is 20.2 Å². The third-order valence-electron chi connectivity index (χ3n) is 4.23. The number of carboxylic acid groups (broad SMARTS) is 1. The second kappa shape index (κ2) is 7.33. The average molecular weight is 370 g/mol. The van der Waals surface area contributed by atoms with Crippen LogP contribution in [0.4, 0.5) is 0 Å². The molecule has 0 atom stereocenters. The number of carbonyl (C=O) groups is 2. The highest BCUT2D eigenvalue weighted by Gasteiger charge is 2.15. The minimum absolute atomic E-state index is 0.350. The van der Waals surface area contributed by atoms with E-state index in [9.17, 15) is 9.59 Å². The molecule has 0 radical (unpaired) electrons. The lowest BCUT2D eigenvalue weighted by Gasteiger charge is -2.13. The first kappa shape index (κ1) is 17.6. The monoisotopic (exact) mass is 370 g/mol. The molecule has 3 rings (SSSR count). The summed E-state index contributed by atoms with van der Waals surface area (Å²) in [6.45, 7) is 4.18. The number of aromatic carboxylic acids is 1. The zero-order valence-corrected chi connectivity index (χ0v) is 15.7. The lowest BCUT2D eigenvalue weighted by Crippen LogP contribution is -1.99. The number of carbonyl (C=O) groups excluding carboxylic acids is 1.